The van der Waals surface area contributed by atoms with Crippen LogP contribution in [0.5, 0.6) is 0 Å². The van der Waals surface area contributed by atoms with Gasteiger partial charge in [0, 0.05) is 6.10 Å². The van der Waals surface area contributed by atoms with E-state index in [1.54, 1.807) is 0 Å². The van der Waals surface area contributed by atoms with Crippen LogP contribution in [0.15, 0.2) is 30.3 Å². The van der Waals surface area contributed by atoms with Crippen molar-refractivity contribution in [3.8, 4) is 0 Å². The Bertz CT molecular complexity index is 280. The van der Waals surface area contributed by atoms with Gasteiger partial charge < -0.3 is 4.65 Å². The van der Waals surface area contributed by atoms with Gasteiger partial charge in [0.2, 0.25) is 0 Å². The molecule has 0 N–H and O–H groups in total. The summed E-state index contributed by atoms with van der Waals surface area (Å²) in [5.41, 5.74) is 1.35. The fourth-order valence-electron chi connectivity index (χ4n) is 1.48. The maximum Gasteiger partial charge on any atom is 0.299 e. The van der Waals surface area contributed by atoms with Gasteiger partial charge in [-0.3, -0.25) is 0 Å². The van der Waals surface area contributed by atoms with Crippen molar-refractivity contribution < 1.29 is 4.65 Å². The summed E-state index contributed by atoms with van der Waals surface area (Å²) in [5, 5.41) is 0.0889. The number of hydrogen-bond acceptors (Lipinski definition) is 1. The van der Waals surface area contributed by atoms with E-state index < -0.39 is 0 Å². The lowest BCUT2D eigenvalue weighted by atomic mass is 9.63. The fraction of sp³-hybridized carbons (Fsp3) is 0.538. The zero-order valence-electron chi connectivity index (χ0n) is 10.2. The van der Waals surface area contributed by atoms with Crippen LogP contribution in [0.3, 0.4) is 0 Å². The molecule has 0 saturated heterocycles. The van der Waals surface area contributed by atoms with Crippen LogP contribution < -0.4 is 0 Å². The van der Waals surface area contributed by atoms with Gasteiger partial charge in [-0.2, -0.15) is 0 Å². The van der Waals surface area contributed by atoms with Gasteiger partial charge in [-0.25, -0.2) is 0 Å². The minimum atomic E-state index is 0.0889. The molecule has 0 unspecified atom stereocenters. The topological polar surface area (TPSA) is 9.23 Å². The Labute approximate surface area is 94.1 Å². The predicted molar refractivity (Wildman–Crippen MR) is 66.2 cm³/mol. The highest BCUT2D eigenvalue weighted by atomic mass is 16.4. The highest BCUT2D eigenvalue weighted by molar-refractivity contribution is 6.32. The van der Waals surface area contributed by atoms with E-state index in [4.69, 9.17) is 4.65 Å². The summed E-state index contributed by atoms with van der Waals surface area (Å²) >= 11 is 0. The average Bonchev–Trinajstić information content (AvgIpc) is 2.16. The van der Waals surface area contributed by atoms with E-state index in [2.05, 4.69) is 52.0 Å². The van der Waals surface area contributed by atoms with Crippen LogP contribution in [0.1, 0.15) is 33.3 Å². The van der Waals surface area contributed by atoms with E-state index in [0.717, 1.165) is 6.42 Å². The smallest absolute Gasteiger partial charge is 0.299 e. The Morgan fingerprint density at radius 3 is 2.33 bits per heavy atom. The molecule has 81 valence electrons. The molecule has 1 aromatic carbocycles. The Morgan fingerprint density at radius 2 is 1.80 bits per heavy atom. The molecule has 1 rings (SSSR count). The quantitative estimate of drug-likeness (QED) is 0.665. The van der Waals surface area contributed by atoms with Crippen molar-refractivity contribution in [1.82, 2.24) is 0 Å². The van der Waals surface area contributed by atoms with Gasteiger partial charge in [0.25, 0.3) is 7.48 Å². The molecule has 1 aromatic rings. The molecule has 0 saturated carbocycles. The summed E-state index contributed by atoms with van der Waals surface area (Å²) in [5.74, 6) is 0. The third-order valence-electron chi connectivity index (χ3n) is 2.16. The van der Waals surface area contributed by atoms with Gasteiger partial charge in [-0.1, -0.05) is 44.2 Å². The average molecular weight is 203 g/mol. The van der Waals surface area contributed by atoms with Crippen LogP contribution in [-0.2, 0) is 11.1 Å². The molecular formula is C13H20BO. The Balaban J connectivity index is 2.49. The molecule has 0 amide bonds. The minimum Gasteiger partial charge on any atom is -0.438 e. The highest BCUT2D eigenvalue weighted by Crippen LogP contribution is 2.28. The van der Waals surface area contributed by atoms with Gasteiger partial charge in [-0.05, 0) is 31.1 Å². The third kappa shape index (κ3) is 5.03. The molecule has 0 aliphatic heterocycles. The van der Waals surface area contributed by atoms with Gasteiger partial charge in [0.05, 0.1) is 0 Å². The lowest BCUT2D eigenvalue weighted by Gasteiger charge is -2.24. The van der Waals surface area contributed by atoms with Crippen molar-refractivity contribution in [2.45, 2.75) is 45.5 Å². The van der Waals surface area contributed by atoms with E-state index in [-0.39, 0.29) is 11.4 Å². The molecule has 1 nitrogen and oxygen atoms in total. The van der Waals surface area contributed by atoms with Crippen LogP contribution in [-0.4, -0.2) is 13.6 Å². The maximum atomic E-state index is 5.55. The number of hydrogen-bond donors (Lipinski definition) is 0. The summed E-state index contributed by atoms with van der Waals surface area (Å²) in [6.45, 7) is 8.49. The second-order valence-corrected chi connectivity index (χ2v) is 4.95. The van der Waals surface area contributed by atoms with E-state index >= 15 is 0 Å². The first-order valence-corrected chi connectivity index (χ1v) is 5.53. The van der Waals surface area contributed by atoms with Crippen molar-refractivity contribution >= 4 is 7.48 Å². The summed E-state index contributed by atoms with van der Waals surface area (Å²) in [7, 11) is 1.96. The summed E-state index contributed by atoms with van der Waals surface area (Å²) in [6.07, 6.45) is 1.28. The monoisotopic (exact) mass is 203 g/mol. The molecule has 0 heterocycles. The van der Waals surface area contributed by atoms with E-state index in [0.29, 0.717) is 0 Å². The van der Waals surface area contributed by atoms with Crippen LogP contribution in [0.4, 0.5) is 0 Å². The molecule has 0 spiro atoms. The molecule has 15 heavy (non-hydrogen) atoms. The molecule has 0 atom stereocenters. The van der Waals surface area contributed by atoms with Crippen molar-refractivity contribution in [3.63, 3.8) is 0 Å². The normalized spacial score (nSPS) is 11.8. The number of benzene rings is 1. The van der Waals surface area contributed by atoms with Crippen LogP contribution in [0, 0.1) is 0 Å². The number of rotatable bonds is 5. The zero-order valence-corrected chi connectivity index (χ0v) is 10.2. The fourth-order valence-corrected chi connectivity index (χ4v) is 1.48. The molecule has 0 aliphatic rings. The Kier molecular flexibility index (Phi) is 4.40. The van der Waals surface area contributed by atoms with Crippen molar-refractivity contribution in [1.29, 1.82) is 0 Å². The van der Waals surface area contributed by atoms with E-state index in [1.165, 1.54) is 5.56 Å². The highest BCUT2D eigenvalue weighted by Gasteiger charge is 2.21. The molecule has 0 fully saturated rings. The van der Waals surface area contributed by atoms with Crippen molar-refractivity contribution in [2.75, 3.05) is 0 Å². The first kappa shape index (κ1) is 12.3. The molecule has 2 heteroatoms. The first-order valence-electron chi connectivity index (χ1n) is 5.53. The van der Waals surface area contributed by atoms with Gasteiger partial charge >= 0.3 is 0 Å². The Hall–Kier alpha value is -0.755. The lowest BCUT2D eigenvalue weighted by Crippen LogP contribution is -2.21. The SMILES string of the molecule is CC(C)O[B]C(C)(C)Cc1ccccc1. The lowest BCUT2D eigenvalue weighted by molar-refractivity contribution is 0.243. The summed E-state index contributed by atoms with van der Waals surface area (Å²) in [6, 6.07) is 10.5. The van der Waals surface area contributed by atoms with Crippen molar-refractivity contribution in [3.05, 3.63) is 35.9 Å². The second-order valence-electron chi connectivity index (χ2n) is 4.95. The van der Waals surface area contributed by atoms with E-state index in [1.807, 2.05) is 13.5 Å². The first-order chi connectivity index (χ1) is 6.99. The minimum absolute atomic E-state index is 0.0889. The van der Waals surface area contributed by atoms with Crippen LogP contribution in [0.2, 0.25) is 5.31 Å². The molecule has 0 aliphatic carbocycles. The standard InChI is InChI=1S/C13H20BO/c1-11(2)15-14-13(3,4)10-12-8-6-5-7-9-12/h5-9,11H,10H2,1-4H3. The summed E-state index contributed by atoms with van der Waals surface area (Å²) in [4.78, 5) is 0. The molecule has 0 bridgehead atoms. The molecular weight excluding hydrogens is 183 g/mol. The van der Waals surface area contributed by atoms with Gasteiger partial charge in [0.15, 0.2) is 0 Å². The van der Waals surface area contributed by atoms with Crippen molar-refractivity contribution in [2.24, 2.45) is 0 Å². The predicted octanol–water partition coefficient (Wildman–Crippen LogP) is 3.47. The molecule has 1 radical (unpaired) electrons. The largest absolute Gasteiger partial charge is 0.438 e. The van der Waals surface area contributed by atoms with Crippen LogP contribution >= 0.6 is 0 Å². The molecule has 0 aromatic heterocycles. The zero-order chi connectivity index (χ0) is 11.3. The maximum absolute atomic E-state index is 5.55. The summed E-state index contributed by atoms with van der Waals surface area (Å²) < 4.78 is 5.55. The van der Waals surface area contributed by atoms with Gasteiger partial charge in [-0.15, -0.1) is 0 Å². The van der Waals surface area contributed by atoms with E-state index in [9.17, 15) is 0 Å². The second kappa shape index (κ2) is 5.36. The van der Waals surface area contributed by atoms with Crippen LogP contribution in [0.25, 0.3) is 0 Å². The third-order valence-corrected chi connectivity index (χ3v) is 2.16. The Morgan fingerprint density at radius 1 is 1.20 bits per heavy atom. The van der Waals surface area contributed by atoms with Gasteiger partial charge in [0.1, 0.15) is 0 Å².